The summed E-state index contributed by atoms with van der Waals surface area (Å²) in [5, 5.41) is 4.37. The van der Waals surface area contributed by atoms with Crippen LogP contribution in [0.2, 0.25) is 0 Å². The van der Waals surface area contributed by atoms with Crippen molar-refractivity contribution in [3.63, 3.8) is 0 Å². The minimum atomic E-state index is 0.568. The Morgan fingerprint density at radius 1 is 1.33 bits per heavy atom. The summed E-state index contributed by atoms with van der Waals surface area (Å²) in [6, 6.07) is 0.652. The van der Waals surface area contributed by atoms with Crippen molar-refractivity contribution < 1.29 is 0 Å². The number of hydrazone groups is 1. The molecule has 12 heavy (non-hydrogen) atoms. The molecule has 0 heterocycles. The first-order valence-corrected chi connectivity index (χ1v) is 5.00. The van der Waals surface area contributed by atoms with Gasteiger partial charge in [0.2, 0.25) is 0 Å². The topological polar surface area (TPSA) is 24.4 Å². The minimum absolute atomic E-state index is 0.568. The number of rotatable bonds is 3. The van der Waals surface area contributed by atoms with Gasteiger partial charge < -0.3 is 5.43 Å². The summed E-state index contributed by atoms with van der Waals surface area (Å²) in [7, 11) is 0. The van der Waals surface area contributed by atoms with Gasteiger partial charge >= 0.3 is 0 Å². The van der Waals surface area contributed by atoms with Gasteiger partial charge in [0.1, 0.15) is 0 Å². The lowest BCUT2D eigenvalue weighted by atomic mass is 10.1. The molecule has 1 fully saturated rings. The lowest BCUT2D eigenvalue weighted by molar-refractivity contribution is 0.543. The van der Waals surface area contributed by atoms with Crippen LogP contribution in [0.1, 0.15) is 46.5 Å². The maximum Gasteiger partial charge on any atom is 0.0440 e. The normalized spacial score (nSPS) is 20.5. The summed E-state index contributed by atoms with van der Waals surface area (Å²) in [6.45, 7) is 6.44. The number of nitrogens with one attached hydrogen (secondary N) is 1. The van der Waals surface area contributed by atoms with Gasteiger partial charge in [-0.3, -0.25) is 0 Å². The van der Waals surface area contributed by atoms with Gasteiger partial charge in [-0.15, -0.1) is 0 Å². The monoisotopic (exact) mass is 168 g/mol. The molecule has 0 aromatic heterocycles. The fourth-order valence-electron chi connectivity index (χ4n) is 1.38. The zero-order valence-corrected chi connectivity index (χ0v) is 8.43. The van der Waals surface area contributed by atoms with Crippen LogP contribution in [0, 0.1) is 5.92 Å². The highest BCUT2D eigenvalue weighted by Crippen LogP contribution is 2.17. The number of nitrogens with zero attached hydrogens (tertiary/aromatic N) is 1. The Morgan fingerprint density at radius 3 is 2.42 bits per heavy atom. The van der Waals surface area contributed by atoms with Gasteiger partial charge in [-0.25, -0.2) is 0 Å². The Bertz CT molecular complexity index is 155. The second-order valence-electron chi connectivity index (χ2n) is 4.02. The summed E-state index contributed by atoms with van der Waals surface area (Å²) in [5.41, 5.74) is 4.46. The van der Waals surface area contributed by atoms with E-state index >= 15 is 0 Å². The van der Waals surface area contributed by atoms with E-state index in [2.05, 4.69) is 31.3 Å². The van der Waals surface area contributed by atoms with E-state index < -0.39 is 0 Å². The first kappa shape index (κ1) is 9.56. The largest absolute Gasteiger partial charge is 0.307 e. The van der Waals surface area contributed by atoms with Crippen molar-refractivity contribution in [2.75, 3.05) is 0 Å². The van der Waals surface area contributed by atoms with Crippen LogP contribution in [0.4, 0.5) is 0 Å². The molecule has 1 aliphatic rings. The SMILES string of the molecule is C/C(=N\NC1CCCC1)C(C)C. The molecule has 0 spiro atoms. The summed E-state index contributed by atoms with van der Waals surface area (Å²) in [4.78, 5) is 0. The standard InChI is InChI=1S/C10H20N2/c1-8(2)9(3)11-12-10-6-4-5-7-10/h8,10,12H,4-7H2,1-3H3/b11-9+. The molecule has 0 unspecified atom stereocenters. The first-order valence-electron chi connectivity index (χ1n) is 5.00. The molecule has 1 rings (SSSR count). The van der Waals surface area contributed by atoms with Gasteiger partial charge in [-0.1, -0.05) is 26.7 Å². The van der Waals surface area contributed by atoms with Crippen LogP contribution in [0.5, 0.6) is 0 Å². The third kappa shape index (κ3) is 2.84. The zero-order valence-electron chi connectivity index (χ0n) is 8.43. The zero-order chi connectivity index (χ0) is 8.97. The molecule has 1 aliphatic carbocycles. The van der Waals surface area contributed by atoms with Gasteiger partial charge in [0, 0.05) is 11.8 Å². The van der Waals surface area contributed by atoms with Crippen LogP contribution >= 0.6 is 0 Å². The Labute approximate surface area is 75.4 Å². The smallest absolute Gasteiger partial charge is 0.0440 e. The molecule has 0 radical (unpaired) electrons. The van der Waals surface area contributed by atoms with Crippen LogP contribution in [0.15, 0.2) is 5.10 Å². The predicted molar refractivity (Wildman–Crippen MR) is 53.3 cm³/mol. The Hall–Kier alpha value is -0.530. The molecular weight excluding hydrogens is 148 g/mol. The summed E-state index contributed by atoms with van der Waals surface area (Å²) in [5.74, 6) is 0.568. The fraction of sp³-hybridized carbons (Fsp3) is 0.900. The van der Waals surface area contributed by atoms with E-state index in [-0.39, 0.29) is 0 Å². The van der Waals surface area contributed by atoms with E-state index in [9.17, 15) is 0 Å². The van der Waals surface area contributed by atoms with Crippen molar-refractivity contribution in [3.8, 4) is 0 Å². The second kappa shape index (κ2) is 4.48. The number of hydrogen-bond acceptors (Lipinski definition) is 2. The van der Waals surface area contributed by atoms with Crippen LogP contribution in [0.3, 0.4) is 0 Å². The molecule has 0 aliphatic heterocycles. The van der Waals surface area contributed by atoms with Crippen LogP contribution in [-0.2, 0) is 0 Å². The van der Waals surface area contributed by atoms with Crippen LogP contribution in [-0.4, -0.2) is 11.8 Å². The molecule has 0 aromatic carbocycles. The highest BCUT2D eigenvalue weighted by Gasteiger charge is 2.13. The van der Waals surface area contributed by atoms with Gasteiger partial charge in [0.25, 0.3) is 0 Å². The first-order chi connectivity index (χ1) is 5.70. The summed E-state index contributed by atoms with van der Waals surface area (Å²) >= 11 is 0. The average molecular weight is 168 g/mol. The third-order valence-electron chi connectivity index (χ3n) is 2.61. The predicted octanol–water partition coefficient (Wildman–Crippen LogP) is 2.55. The van der Waals surface area contributed by atoms with E-state index in [4.69, 9.17) is 0 Å². The van der Waals surface area contributed by atoms with E-state index in [0.717, 1.165) is 0 Å². The van der Waals surface area contributed by atoms with Crippen molar-refractivity contribution in [3.05, 3.63) is 0 Å². The molecule has 0 saturated heterocycles. The van der Waals surface area contributed by atoms with Gasteiger partial charge in [-0.2, -0.15) is 5.10 Å². The Balaban J connectivity index is 2.26. The van der Waals surface area contributed by atoms with E-state index in [0.29, 0.717) is 12.0 Å². The maximum atomic E-state index is 4.37. The lowest BCUT2D eigenvalue weighted by Crippen LogP contribution is -2.22. The molecule has 2 heteroatoms. The molecular formula is C10H20N2. The lowest BCUT2D eigenvalue weighted by Gasteiger charge is -2.10. The summed E-state index contributed by atoms with van der Waals surface area (Å²) in [6.07, 6.45) is 5.34. The van der Waals surface area contributed by atoms with Crippen LogP contribution < -0.4 is 5.43 Å². The highest BCUT2D eigenvalue weighted by atomic mass is 15.3. The molecule has 0 atom stereocenters. The van der Waals surface area contributed by atoms with E-state index in [1.54, 1.807) is 0 Å². The molecule has 1 N–H and O–H groups in total. The van der Waals surface area contributed by atoms with Crippen molar-refractivity contribution >= 4 is 5.71 Å². The van der Waals surface area contributed by atoms with Gasteiger partial charge in [-0.05, 0) is 25.7 Å². The van der Waals surface area contributed by atoms with Crippen molar-refractivity contribution in [1.29, 1.82) is 0 Å². The molecule has 2 nitrogen and oxygen atoms in total. The Kier molecular flexibility index (Phi) is 3.57. The average Bonchev–Trinajstić information content (AvgIpc) is 2.51. The van der Waals surface area contributed by atoms with Crippen molar-refractivity contribution in [2.45, 2.75) is 52.5 Å². The maximum absolute atomic E-state index is 4.37. The molecule has 0 bridgehead atoms. The quantitative estimate of drug-likeness (QED) is 0.508. The highest BCUT2D eigenvalue weighted by molar-refractivity contribution is 5.83. The van der Waals surface area contributed by atoms with E-state index in [1.807, 2.05) is 0 Å². The number of hydrogen-bond donors (Lipinski definition) is 1. The molecule has 70 valence electrons. The Morgan fingerprint density at radius 2 is 1.92 bits per heavy atom. The van der Waals surface area contributed by atoms with Crippen LogP contribution in [0.25, 0.3) is 0 Å². The second-order valence-corrected chi connectivity index (χ2v) is 4.02. The molecule has 0 aromatic rings. The van der Waals surface area contributed by atoms with Crippen molar-refractivity contribution in [2.24, 2.45) is 11.0 Å². The molecule has 1 saturated carbocycles. The van der Waals surface area contributed by atoms with Gasteiger partial charge in [0.15, 0.2) is 0 Å². The summed E-state index contributed by atoms with van der Waals surface area (Å²) < 4.78 is 0. The third-order valence-corrected chi connectivity index (χ3v) is 2.61. The van der Waals surface area contributed by atoms with Crippen molar-refractivity contribution in [1.82, 2.24) is 5.43 Å². The van der Waals surface area contributed by atoms with E-state index in [1.165, 1.54) is 31.4 Å². The van der Waals surface area contributed by atoms with Gasteiger partial charge in [0.05, 0.1) is 0 Å². The minimum Gasteiger partial charge on any atom is -0.307 e. The fourth-order valence-corrected chi connectivity index (χ4v) is 1.38. The molecule has 0 amide bonds.